The summed E-state index contributed by atoms with van der Waals surface area (Å²) in [6.45, 7) is 4.14. The van der Waals surface area contributed by atoms with Crippen LogP contribution in [0.3, 0.4) is 0 Å². The van der Waals surface area contributed by atoms with Crippen molar-refractivity contribution < 1.29 is 37.7 Å². The molecule has 6 rings (SSSR count). The molecule has 1 radical (unpaired) electrons. The molecule has 6 aromatic rings. The molecule has 0 aliphatic carbocycles. The van der Waals surface area contributed by atoms with Crippen LogP contribution >= 0.6 is 0 Å². The maximum absolute atomic E-state index is 13.2. The van der Waals surface area contributed by atoms with Gasteiger partial charge in [-0.25, -0.2) is 0 Å². The molecule has 3 aromatic heterocycles. The Morgan fingerprint density at radius 3 is 1.61 bits per heavy atom. The number of aliphatic imine (C=N–C) groups is 1. The number of nitrogens with zero attached hydrogens (tertiary/aromatic N) is 4. The summed E-state index contributed by atoms with van der Waals surface area (Å²) < 4.78 is 51.6. The molecule has 0 atom stereocenters. The molecule has 3 aromatic carbocycles. The van der Waals surface area contributed by atoms with Crippen LogP contribution in [0.1, 0.15) is 16.8 Å². The van der Waals surface area contributed by atoms with E-state index in [0.717, 1.165) is 35.6 Å². The summed E-state index contributed by atoms with van der Waals surface area (Å²) in [5.41, 5.74) is 5.60. The zero-order chi connectivity index (χ0) is 30.6. The molecule has 0 saturated carbocycles. The normalized spacial score (nSPS) is 10.2. The summed E-state index contributed by atoms with van der Waals surface area (Å²) >= 11 is 0. The molecule has 4 nitrogen and oxygen atoms in total. The molecule has 0 spiro atoms. The minimum Gasteiger partial charge on any atom is -0.663 e. The number of rotatable bonds is 4. The molecule has 225 valence electrons. The summed E-state index contributed by atoms with van der Waals surface area (Å²) in [5.74, 6) is -2.57. The van der Waals surface area contributed by atoms with Gasteiger partial charge in [-0.15, -0.1) is 30.0 Å². The fourth-order valence-corrected chi connectivity index (χ4v) is 3.83. The van der Waals surface area contributed by atoms with Crippen molar-refractivity contribution in [2.24, 2.45) is 4.99 Å². The van der Waals surface area contributed by atoms with Crippen LogP contribution in [0.2, 0.25) is 0 Å². The van der Waals surface area contributed by atoms with E-state index in [9.17, 15) is 17.6 Å². The Balaban J connectivity index is 0.000000178. The average molecular weight is 770 g/mol. The van der Waals surface area contributed by atoms with Gasteiger partial charge in [0.1, 0.15) is 0 Å². The third-order valence-electron chi connectivity index (χ3n) is 5.90. The summed E-state index contributed by atoms with van der Waals surface area (Å²) in [6.07, 6.45) is 6.67. The van der Waals surface area contributed by atoms with Crippen LogP contribution in [0.15, 0.2) is 115 Å². The van der Waals surface area contributed by atoms with Gasteiger partial charge in [-0.2, -0.15) is 6.20 Å². The van der Waals surface area contributed by atoms with Crippen molar-refractivity contribution in [2.45, 2.75) is 13.8 Å². The van der Waals surface area contributed by atoms with Crippen LogP contribution in [-0.2, 0) is 20.1 Å². The van der Waals surface area contributed by atoms with Gasteiger partial charge in [0, 0.05) is 62.0 Å². The monoisotopic (exact) mass is 770 g/mol. The fourth-order valence-electron chi connectivity index (χ4n) is 3.83. The van der Waals surface area contributed by atoms with E-state index in [-0.39, 0.29) is 31.2 Å². The van der Waals surface area contributed by atoms with Gasteiger partial charge in [-0.05, 0) is 48.5 Å². The Kier molecular flexibility index (Phi) is 12.9. The number of aryl methyl sites for hydroxylation is 2. The molecular formula is C35H25F4IrN4-3. The van der Waals surface area contributed by atoms with Crippen molar-refractivity contribution in [3.63, 3.8) is 0 Å². The minimum atomic E-state index is -0.649. The maximum atomic E-state index is 13.2. The second-order valence-corrected chi connectivity index (χ2v) is 9.07. The Hall–Kier alpha value is -4.72. The van der Waals surface area contributed by atoms with Gasteiger partial charge in [0.2, 0.25) is 0 Å². The van der Waals surface area contributed by atoms with Crippen molar-refractivity contribution in [3.8, 4) is 22.5 Å². The number of halogens is 4. The molecular weight excluding hydrogens is 745 g/mol. The van der Waals surface area contributed by atoms with Crippen molar-refractivity contribution in [1.29, 1.82) is 0 Å². The molecule has 44 heavy (non-hydrogen) atoms. The van der Waals surface area contributed by atoms with Crippen molar-refractivity contribution >= 4 is 11.9 Å². The van der Waals surface area contributed by atoms with Crippen LogP contribution in [0, 0.1) is 49.2 Å². The fraction of sp³-hybridized carbons (Fsp3) is 0.0571. The first-order chi connectivity index (χ1) is 20.8. The van der Waals surface area contributed by atoms with Gasteiger partial charge in [-0.1, -0.05) is 77.9 Å². The zero-order valence-electron chi connectivity index (χ0n) is 23.6. The first kappa shape index (κ1) is 33.8. The Labute approximate surface area is 267 Å². The molecule has 3 heterocycles. The van der Waals surface area contributed by atoms with Gasteiger partial charge in [-0.3, -0.25) is 22.6 Å². The predicted octanol–water partition coefficient (Wildman–Crippen LogP) is 8.66. The summed E-state index contributed by atoms with van der Waals surface area (Å²) in [7, 11) is 0. The van der Waals surface area contributed by atoms with Gasteiger partial charge in [0.05, 0.1) is 5.69 Å². The summed E-state index contributed by atoms with van der Waals surface area (Å²) in [5, 5.41) is 0. The quantitative estimate of drug-likeness (QED) is 0.103. The first-order valence-electron chi connectivity index (χ1n) is 13.1. The number of pyridine rings is 2. The number of hydrogen-bond donors (Lipinski definition) is 0. The number of hydrogen-bond acceptors (Lipinski definition) is 3. The van der Waals surface area contributed by atoms with Crippen molar-refractivity contribution in [1.82, 2.24) is 15.0 Å². The maximum Gasteiger partial charge on any atom is 0.0687 e. The van der Waals surface area contributed by atoms with E-state index < -0.39 is 23.3 Å². The molecule has 0 fully saturated rings. The molecule has 0 aliphatic rings. The molecule has 0 N–H and O–H groups in total. The van der Waals surface area contributed by atoms with Crippen molar-refractivity contribution in [3.05, 3.63) is 162 Å². The number of aromatic nitrogens is 3. The van der Waals surface area contributed by atoms with E-state index in [0.29, 0.717) is 11.4 Å². The Morgan fingerprint density at radius 1 is 0.682 bits per heavy atom. The van der Waals surface area contributed by atoms with Crippen LogP contribution < -0.4 is 4.98 Å². The van der Waals surface area contributed by atoms with E-state index in [1.807, 2.05) is 18.2 Å². The van der Waals surface area contributed by atoms with E-state index in [1.54, 1.807) is 61.2 Å². The second-order valence-electron chi connectivity index (χ2n) is 9.07. The van der Waals surface area contributed by atoms with Crippen molar-refractivity contribution in [2.75, 3.05) is 0 Å². The van der Waals surface area contributed by atoms with Crippen LogP contribution in [-0.4, -0.2) is 16.2 Å². The molecule has 0 bridgehead atoms. The topological polar surface area (TPSA) is 52.2 Å². The van der Waals surface area contributed by atoms with Gasteiger partial charge in [0.25, 0.3) is 0 Å². The van der Waals surface area contributed by atoms with E-state index in [2.05, 4.69) is 58.1 Å². The smallest absolute Gasteiger partial charge is 0.0687 e. The van der Waals surface area contributed by atoms with E-state index in [4.69, 9.17) is 0 Å². The Bertz CT molecular complexity index is 1670. The molecule has 0 amide bonds. The predicted molar refractivity (Wildman–Crippen MR) is 160 cm³/mol. The summed E-state index contributed by atoms with van der Waals surface area (Å²) in [4.78, 5) is 16.5. The van der Waals surface area contributed by atoms with Gasteiger partial charge < -0.3 is 15.0 Å². The van der Waals surface area contributed by atoms with Gasteiger partial charge >= 0.3 is 0 Å². The van der Waals surface area contributed by atoms with Crippen LogP contribution in [0.4, 0.5) is 23.2 Å². The number of benzene rings is 3. The van der Waals surface area contributed by atoms with Gasteiger partial charge in [0.15, 0.2) is 0 Å². The first-order valence-corrected chi connectivity index (χ1v) is 13.1. The zero-order valence-corrected chi connectivity index (χ0v) is 26.0. The molecule has 9 heteroatoms. The van der Waals surface area contributed by atoms with E-state index >= 15 is 0 Å². The standard InChI is InChI=1S/C13H13N2.2C11H6F2N.Ir/c1-10-5-3-6-11(2)13(10)15-9-12-7-4-8-14-12;2*12-8-4-5-9(10(13)7-8)11-3-1-2-6-14-11;/h3-9H,1-2H3;2*1-4,6-7H;/q3*-1;. The average Bonchev–Trinajstić information content (AvgIpc) is 3.52. The number of para-hydroxylation sites is 1. The minimum absolute atomic E-state index is 0. The van der Waals surface area contributed by atoms with Crippen LogP contribution in [0.25, 0.3) is 22.5 Å². The largest absolute Gasteiger partial charge is 0.663 e. The third kappa shape index (κ3) is 9.66. The van der Waals surface area contributed by atoms with E-state index in [1.165, 1.54) is 11.1 Å². The summed E-state index contributed by atoms with van der Waals surface area (Å²) in [6, 6.07) is 29.1. The SMILES string of the molecule is Cc1cccc(C)c1N=Cc1ccc[n-]1.Fc1c[c-]c(-c2ccccn2)c(F)c1.Fc1c[c-]c(-c2ccccn2)c(F)c1.[Ir]. The Morgan fingerprint density at radius 2 is 1.20 bits per heavy atom. The second kappa shape index (κ2) is 16.8. The van der Waals surface area contributed by atoms with Crippen LogP contribution in [0.5, 0.6) is 0 Å². The third-order valence-corrected chi connectivity index (χ3v) is 5.90. The molecule has 0 saturated heterocycles. The molecule has 0 unspecified atom stereocenters. The molecule has 0 aliphatic heterocycles.